The number of rotatable bonds is 0. The smallest absolute Gasteiger partial charge is 0.00860 e. The van der Waals surface area contributed by atoms with Crippen LogP contribution in [-0.4, -0.2) is 0 Å². The van der Waals surface area contributed by atoms with Crippen LogP contribution in [0.5, 0.6) is 0 Å². The maximum absolute atomic E-state index is 3.60. The van der Waals surface area contributed by atoms with Crippen LogP contribution in [0.1, 0.15) is 38.5 Å². The predicted molar refractivity (Wildman–Crippen MR) is 78.7 cm³/mol. The Morgan fingerprint density at radius 2 is 0.867 bits per heavy atom. The number of hydrogen-bond donors (Lipinski definition) is 0. The van der Waals surface area contributed by atoms with Gasteiger partial charge in [0.15, 0.2) is 0 Å². The molecule has 3 heteroatoms. The van der Waals surface area contributed by atoms with Gasteiger partial charge in [-0.3, -0.25) is 0 Å². The molecule has 0 radical (unpaired) electrons. The molecule has 0 saturated carbocycles. The molecule has 0 atom stereocenters. The molecule has 15 heavy (non-hydrogen) atoms. The van der Waals surface area contributed by atoms with E-state index in [1.165, 1.54) is 13.4 Å². The molecule has 1 aliphatic rings. The zero-order valence-corrected chi connectivity index (χ0v) is 13.4. The van der Waals surface area contributed by atoms with Crippen LogP contribution in [-0.2, 0) is 0 Å². The van der Waals surface area contributed by atoms with Crippen LogP contribution >= 0.6 is 47.8 Å². The van der Waals surface area contributed by atoms with Gasteiger partial charge in [0.05, 0.1) is 0 Å². The second kappa shape index (κ2) is 7.86. The SMILES string of the molecule is BrC1=CCCC(Br)=CCCC(Br)=CCC1. The normalized spacial score (nSPS) is 20.6. The molecule has 0 nitrogen and oxygen atoms in total. The molecule has 0 aromatic carbocycles. The zero-order valence-electron chi connectivity index (χ0n) is 8.61. The van der Waals surface area contributed by atoms with E-state index >= 15 is 0 Å². The summed E-state index contributed by atoms with van der Waals surface area (Å²) in [7, 11) is 0. The monoisotopic (exact) mass is 396 g/mol. The van der Waals surface area contributed by atoms with Crippen molar-refractivity contribution in [3.8, 4) is 0 Å². The molecule has 0 unspecified atom stereocenters. The van der Waals surface area contributed by atoms with Gasteiger partial charge in [-0.2, -0.15) is 0 Å². The van der Waals surface area contributed by atoms with Crippen molar-refractivity contribution in [2.24, 2.45) is 0 Å². The number of hydrogen-bond acceptors (Lipinski definition) is 0. The summed E-state index contributed by atoms with van der Waals surface area (Å²) in [6, 6.07) is 0. The summed E-state index contributed by atoms with van der Waals surface area (Å²) in [5.41, 5.74) is 0. The molecule has 0 aromatic rings. The lowest BCUT2D eigenvalue weighted by Gasteiger charge is -2.02. The van der Waals surface area contributed by atoms with Gasteiger partial charge >= 0.3 is 0 Å². The fourth-order valence-corrected chi connectivity index (χ4v) is 2.78. The van der Waals surface area contributed by atoms with Gasteiger partial charge in [0, 0.05) is 0 Å². The van der Waals surface area contributed by atoms with E-state index in [-0.39, 0.29) is 0 Å². The minimum absolute atomic E-state index is 1.11. The summed E-state index contributed by atoms with van der Waals surface area (Å²) in [6.45, 7) is 0. The van der Waals surface area contributed by atoms with Gasteiger partial charge in [0.25, 0.3) is 0 Å². The van der Waals surface area contributed by atoms with E-state index in [0.29, 0.717) is 0 Å². The van der Waals surface area contributed by atoms with E-state index < -0.39 is 0 Å². The van der Waals surface area contributed by atoms with Gasteiger partial charge in [-0.05, 0) is 52.0 Å². The third-order valence-electron chi connectivity index (χ3n) is 2.25. The first kappa shape index (κ1) is 13.7. The minimum atomic E-state index is 1.11. The molecule has 0 heterocycles. The highest BCUT2D eigenvalue weighted by Gasteiger charge is 1.97. The number of halogens is 3. The summed E-state index contributed by atoms with van der Waals surface area (Å²) in [5.74, 6) is 0. The lowest BCUT2D eigenvalue weighted by molar-refractivity contribution is 0.947. The molecule has 1 aliphatic carbocycles. The molecule has 0 aromatic heterocycles. The molecule has 0 spiro atoms. The van der Waals surface area contributed by atoms with Crippen LogP contribution in [0, 0.1) is 0 Å². The maximum Gasteiger partial charge on any atom is -0.00860 e. The van der Waals surface area contributed by atoms with Crippen molar-refractivity contribution in [3.05, 3.63) is 31.7 Å². The fraction of sp³-hybridized carbons (Fsp3) is 0.500. The standard InChI is InChI=1S/C12H15Br3/c13-10-4-1-5-11(14)7-3-9-12(15)8-2-6-10/h4,7-8H,1-3,5-6,9H2. The van der Waals surface area contributed by atoms with E-state index in [1.54, 1.807) is 0 Å². The first-order chi connectivity index (χ1) is 7.18. The summed E-state index contributed by atoms with van der Waals surface area (Å²) >= 11 is 10.8. The fourth-order valence-electron chi connectivity index (χ4n) is 1.41. The van der Waals surface area contributed by atoms with Crippen LogP contribution < -0.4 is 0 Å². The van der Waals surface area contributed by atoms with Crippen molar-refractivity contribution < 1.29 is 0 Å². The van der Waals surface area contributed by atoms with Crippen LogP contribution in [0.2, 0.25) is 0 Å². The lowest BCUT2D eigenvalue weighted by Crippen LogP contribution is -1.81. The van der Waals surface area contributed by atoms with E-state index in [2.05, 4.69) is 66.0 Å². The molecule has 0 aliphatic heterocycles. The van der Waals surface area contributed by atoms with Crippen molar-refractivity contribution >= 4 is 47.8 Å². The third-order valence-corrected chi connectivity index (χ3v) is 4.41. The molecule has 0 saturated heterocycles. The molecule has 1 rings (SSSR count). The Morgan fingerprint density at radius 1 is 0.600 bits per heavy atom. The summed E-state index contributed by atoms with van der Waals surface area (Å²) in [5, 5.41) is 0. The second-order valence-electron chi connectivity index (χ2n) is 3.57. The zero-order chi connectivity index (χ0) is 11.1. The van der Waals surface area contributed by atoms with E-state index in [9.17, 15) is 0 Å². The van der Waals surface area contributed by atoms with E-state index in [4.69, 9.17) is 0 Å². The Balaban J connectivity index is 2.62. The van der Waals surface area contributed by atoms with E-state index in [0.717, 1.165) is 38.5 Å². The molecular weight excluding hydrogens is 384 g/mol. The highest BCUT2D eigenvalue weighted by Crippen LogP contribution is 2.23. The van der Waals surface area contributed by atoms with E-state index in [1.807, 2.05) is 0 Å². The summed E-state index contributed by atoms with van der Waals surface area (Å²) in [6.07, 6.45) is 13.5. The quantitative estimate of drug-likeness (QED) is 0.457. The Hall–Kier alpha value is 0.660. The van der Waals surface area contributed by atoms with Gasteiger partial charge in [-0.25, -0.2) is 0 Å². The number of allylic oxidation sites excluding steroid dienone is 6. The van der Waals surface area contributed by atoms with Crippen molar-refractivity contribution in [1.29, 1.82) is 0 Å². The molecule has 0 N–H and O–H groups in total. The average molecular weight is 399 g/mol. The van der Waals surface area contributed by atoms with Crippen molar-refractivity contribution in [1.82, 2.24) is 0 Å². The Labute approximate surface area is 117 Å². The van der Waals surface area contributed by atoms with Crippen molar-refractivity contribution in [2.45, 2.75) is 38.5 Å². The predicted octanol–water partition coefficient (Wildman–Crippen LogP) is 6.18. The molecule has 84 valence electrons. The Kier molecular flexibility index (Phi) is 7.19. The van der Waals surface area contributed by atoms with Gasteiger partial charge in [-0.15, -0.1) is 0 Å². The first-order valence-corrected chi connectivity index (χ1v) is 7.60. The van der Waals surface area contributed by atoms with Crippen LogP contribution in [0.25, 0.3) is 0 Å². The van der Waals surface area contributed by atoms with Gasteiger partial charge in [0.1, 0.15) is 0 Å². The summed E-state index contributed by atoms with van der Waals surface area (Å²) in [4.78, 5) is 0. The highest BCUT2D eigenvalue weighted by molar-refractivity contribution is 9.12. The van der Waals surface area contributed by atoms with Crippen LogP contribution in [0.3, 0.4) is 0 Å². The maximum atomic E-state index is 3.60. The topological polar surface area (TPSA) is 0 Å². The average Bonchev–Trinajstić information content (AvgIpc) is 2.16. The second-order valence-corrected chi connectivity index (χ2v) is 6.62. The molecule has 0 fully saturated rings. The lowest BCUT2D eigenvalue weighted by atomic mass is 10.1. The summed E-state index contributed by atoms with van der Waals surface area (Å²) < 4.78 is 3.96. The largest absolute Gasteiger partial charge is 0.0740 e. The van der Waals surface area contributed by atoms with Crippen molar-refractivity contribution in [2.75, 3.05) is 0 Å². The Bertz CT molecular complexity index is 240. The van der Waals surface area contributed by atoms with Crippen LogP contribution in [0.4, 0.5) is 0 Å². The van der Waals surface area contributed by atoms with Gasteiger partial charge < -0.3 is 0 Å². The van der Waals surface area contributed by atoms with Gasteiger partial charge in [-0.1, -0.05) is 66.0 Å². The molecular formula is C12H15Br3. The van der Waals surface area contributed by atoms with Crippen molar-refractivity contribution in [3.63, 3.8) is 0 Å². The third kappa shape index (κ3) is 6.75. The first-order valence-electron chi connectivity index (χ1n) is 5.22. The van der Waals surface area contributed by atoms with Crippen LogP contribution in [0.15, 0.2) is 31.7 Å². The highest BCUT2D eigenvalue weighted by atomic mass is 79.9. The Morgan fingerprint density at radius 3 is 1.13 bits per heavy atom. The molecule has 0 amide bonds. The van der Waals surface area contributed by atoms with Gasteiger partial charge in [0.2, 0.25) is 0 Å². The molecule has 0 bridgehead atoms. The minimum Gasteiger partial charge on any atom is -0.0740 e.